The third-order valence-corrected chi connectivity index (χ3v) is 2.47. The van der Waals surface area contributed by atoms with Gasteiger partial charge in [0.2, 0.25) is 0 Å². The lowest BCUT2D eigenvalue weighted by atomic mass is 9.93. The van der Waals surface area contributed by atoms with E-state index in [1.165, 1.54) is 0 Å². The van der Waals surface area contributed by atoms with Gasteiger partial charge in [0.25, 0.3) is 0 Å². The van der Waals surface area contributed by atoms with E-state index in [9.17, 15) is 0 Å². The van der Waals surface area contributed by atoms with Crippen molar-refractivity contribution < 1.29 is 0 Å². The van der Waals surface area contributed by atoms with Crippen LogP contribution >= 0.6 is 0 Å². The summed E-state index contributed by atoms with van der Waals surface area (Å²) in [6, 6.07) is 0. The fraction of sp³-hybridized carbons (Fsp3) is 0.158. The summed E-state index contributed by atoms with van der Waals surface area (Å²) >= 11 is 0. The molecular formula is C19H27N. The molecule has 0 radical (unpaired) electrons. The van der Waals surface area contributed by atoms with Crippen LogP contribution in [0.1, 0.15) is 20.8 Å². The summed E-state index contributed by atoms with van der Waals surface area (Å²) in [6.07, 6.45) is 11.3. The summed E-state index contributed by atoms with van der Waals surface area (Å²) in [5.74, 6) is 0. The van der Waals surface area contributed by atoms with Gasteiger partial charge >= 0.3 is 0 Å². The van der Waals surface area contributed by atoms with Crippen molar-refractivity contribution in [2.24, 2.45) is 5.73 Å². The second-order valence-electron chi connectivity index (χ2n) is 3.87. The normalized spacial score (nSPS) is 13.2. The van der Waals surface area contributed by atoms with E-state index in [1.54, 1.807) is 12.2 Å². The molecule has 1 heteroatoms. The summed E-state index contributed by atoms with van der Waals surface area (Å²) in [4.78, 5) is 0. The Balaban J connectivity index is 0. The van der Waals surface area contributed by atoms with Crippen LogP contribution in [0.3, 0.4) is 0 Å². The largest absolute Gasteiger partial charge is 0.398 e. The minimum Gasteiger partial charge on any atom is -0.398 e. The molecule has 1 nitrogen and oxygen atoms in total. The van der Waals surface area contributed by atoms with Gasteiger partial charge in [0.1, 0.15) is 0 Å². The molecule has 0 rings (SSSR count). The van der Waals surface area contributed by atoms with Gasteiger partial charge in [-0.25, -0.2) is 0 Å². The van der Waals surface area contributed by atoms with Crippen LogP contribution in [0.5, 0.6) is 0 Å². The van der Waals surface area contributed by atoms with Gasteiger partial charge in [0.05, 0.1) is 0 Å². The van der Waals surface area contributed by atoms with E-state index >= 15 is 0 Å². The monoisotopic (exact) mass is 269 g/mol. The summed E-state index contributed by atoms with van der Waals surface area (Å²) in [5.41, 5.74) is 10.7. The van der Waals surface area contributed by atoms with Gasteiger partial charge < -0.3 is 5.73 Å². The lowest BCUT2D eigenvalue weighted by molar-refractivity contribution is 1.27. The van der Waals surface area contributed by atoms with E-state index in [0.717, 1.165) is 22.3 Å². The van der Waals surface area contributed by atoms with Crippen LogP contribution in [0.4, 0.5) is 0 Å². The molecule has 0 aromatic rings. The maximum atomic E-state index is 6.05. The molecular weight excluding hydrogens is 242 g/mol. The second kappa shape index (κ2) is 11.8. The zero-order valence-corrected chi connectivity index (χ0v) is 13.1. The number of hydrogen-bond acceptors (Lipinski definition) is 1. The van der Waals surface area contributed by atoms with Crippen molar-refractivity contribution in [2.45, 2.75) is 20.8 Å². The van der Waals surface area contributed by atoms with Crippen molar-refractivity contribution in [3.8, 4) is 0 Å². The topological polar surface area (TPSA) is 26.0 Å². The molecule has 20 heavy (non-hydrogen) atoms. The molecule has 0 aromatic heterocycles. The minimum atomic E-state index is 0.682. The first-order valence-electron chi connectivity index (χ1n) is 6.43. The molecule has 0 heterocycles. The molecule has 0 saturated heterocycles. The molecule has 0 amide bonds. The smallest absolute Gasteiger partial charge is 0.0390 e. The van der Waals surface area contributed by atoms with Gasteiger partial charge in [0, 0.05) is 11.3 Å². The van der Waals surface area contributed by atoms with Crippen LogP contribution in [0, 0.1) is 0 Å². The predicted octanol–water partition coefficient (Wildman–Crippen LogP) is 5.40. The Kier molecular flexibility index (Phi) is 11.8. The van der Waals surface area contributed by atoms with Gasteiger partial charge in [0.15, 0.2) is 0 Å². The minimum absolute atomic E-state index is 0.682. The molecule has 0 aromatic carbocycles. The van der Waals surface area contributed by atoms with Crippen LogP contribution in [0.2, 0.25) is 0 Å². The van der Waals surface area contributed by atoms with Gasteiger partial charge in [-0.15, -0.1) is 13.2 Å². The third-order valence-electron chi connectivity index (χ3n) is 2.47. The van der Waals surface area contributed by atoms with Crippen LogP contribution in [-0.4, -0.2) is 0 Å². The molecule has 0 fully saturated rings. The Morgan fingerprint density at radius 3 is 1.90 bits per heavy atom. The lowest BCUT2D eigenvalue weighted by Gasteiger charge is -2.13. The number of nitrogens with two attached hydrogens (primary N) is 1. The summed E-state index contributed by atoms with van der Waals surface area (Å²) in [6.45, 7) is 23.4. The van der Waals surface area contributed by atoms with E-state index in [-0.39, 0.29) is 0 Å². The van der Waals surface area contributed by atoms with Crippen LogP contribution < -0.4 is 5.73 Å². The zero-order valence-electron chi connectivity index (χ0n) is 13.1. The summed E-state index contributed by atoms with van der Waals surface area (Å²) in [7, 11) is 0. The Bertz CT molecular complexity index is 468. The van der Waals surface area contributed by atoms with Crippen LogP contribution in [0.25, 0.3) is 0 Å². The van der Waals surface area contributed by atoms with E-state index in [0.29, 0.717) is 5.70 Å². The van der Waals surface area contributed by atoms with Crippen molar-refractivity contribution in [1.82, 2.24) is 0 Å². The molecule has 0 bridgehead atoms. The molecule has 0 spiro atoms. The van der Waals surface area contributed by atoms with Crippen molar-refractivity contribution >= 4 is 0 Å². The van der Waals surface area contributed by atoms with E-state index in [2.05, 4.69) is 32.9 Å². The van der Waals surface area contributed by atoms with E-state index < -0.39 is 0 Å². The summed E-state index contributed by atoms with van der Waals surface area (Å²) in [5, 5.41) is 0. The molecule has 0 unspecified atom stereocenters. The van der Waals surface area contributed by atoms with Crippen molar-refractivity contribution in [3.63, 3.8) is 0 Å². The lowest BCUT2D eigenvalue weighted by Crippen LogP contribution is -2.04. The fourth-order valence-corrected chi connectivity index (χ4v) is 1.70. The van der Waals surface area contributed by atoms with Gasteiger partial charge in [-0.1, -0.05) is 55.7 Å². The molecule has 0 aliphatic carbocycles. The average Bonchev–Trinajstić information content (AvgIpc) is 2.42. The van der Waals surface area contributed by atoms with E-state index in [4.69, 9.17) is 5.73 Å². The number of allylic oxidation sites excluding steroid dienone is 9. The Morgan fingerprint density at radius 1 is 1.05 bits per heavy atom. The molecule has 0 saturated carbocycles. The first kappa shape index (κ1) is 20.0. The van der Waals surface area contributed by atoms with Crippen LogP contribution in [-0.2, 0) is 0 Å². The first-order valence-corrected chi connectivity index (χ1v) is 6.43. The molecule has 0 atom stereocenters. The first-order chi connectivity index (χ1) is 9.53. The number of hydrogen-bond donors (Lipinski definition) is 1. The highest BCUT2D eigenvalue weighted by atomic mass is 14.6. The highest BCUT2D eigenvalue weighted by Gasteiger charge is 2.09. The fourth-order valence-electron chi connectivity index (χ4n) is 1.70. The van der Waals surface area contributed by atoms with E-state index in [1.807, 2.05) is 45.1 Å². The van der Waals surface area contributed by atoms with Gasteiger partial charge in [-0.2, -0.15) is 0 Å². The van der Waals surface area contributed by atoms with Crippen molar-refractivity contribution in [2.75, 3.05) is 0 Å². The van der Waals surface area contributed by atoms with Gasteiger partial charge in [-0.05, 0) is 38.0 Å². The zero-order chi connectivity index (χ0) is 16.1. The Labute approximate surface area is 124 Å². The van der Waals surface area contributed by atoms with Gasteiger partial charge in [-0.3, -0.25) is 0 Å². The highest BCUT2D eigenvalue weighted by molar-refractivity contribution is 5.59. The molecule has 108 valence electrons. The maximum absolute atomic E-state index is 6.05. The highest BCUT2D eigenvalue weighted by Crippen LogP contribution is 2.25. The number of rotatable bonds is 6. The third kappa shape index (κ3) is 6.05. The maximum Gasteiger partial charge on any atom is 0.0390 e. The summed E-state index contributed by atoms with van der Waals surface area (Å²) < 4.78 is 0. The van der Waals surface area contributed by atoms with Crippen molar-refractivity contribution in [1.29, 1.82) is 0 Å². The Hall–Kier alpha value is -2.28. The van der Waals surface area contributed by atoms with Crippen molar-refractivity contribution in [3.05, 3.63) is 97.3 Å². The average molecular weight is 269 g/mol. The molecule has 0 aliphatic rings. The quantitative estimate of drug-likeness (QED) is 0.507. The predicted molar refractivity (Wildman–Crippen MR) is 94.3 cm³/mol. The molecule has 0 aliphatic heterocycles. The Morgan fingerprint density at radius 2 is 1.60 bits per heavy atom. The standard InChI is InChI=1S/C17H23N.C2H4/c1-7-11-16(14(9-3)13(5)6)15(10-4)17(18)12-8-2;1-2/h7-12H,2-3,5,18H2,1,4,6H3;1-2H2/b11-7-,15-10-,16-14+,17-12+;. The molecule has 2 N–H and O–H groups in total. The van der Waals surface area contributed by atoms with Crippen LogP contribution in [0.15, 0.2) is 97.3 Å². The second-order valence-corrected chi connectivity index (χ2v) is 3.87. The SMILES string of the molecule is C=C.C=C\C=C(N)/C(=C\C)C(/C=C\C)=C(\C=C)C(=C)C.